The molecule has 0 aromatic carbocycles. The standard InChI is InChI=1S/C8H14N2O2S/c1-7(2,3)12-6(11)8(9)10-4-5-13-8/h4-5,10H,9H2,1-3H3. The van der Waals surface area contributed by atoms with E-state index in [0.717, 1.165) is 0 Å². The SMILES string of the molecule is CC(C)(C)OC(=O)C1(N)NC=CS1. The zero-order valence-electron chi connectivity index (χ0n) is 7.96. The van der Waals surface area contributed by atoms with E-state index in [-0.39, 0.29) is 0 Å². The smallest absolute Gasteiger partial charge is 0.358 e. The minimum atomic E-state index is -1.15. The molecular weight excluding hydrogens is 188 g/mol. The van der Waals surface area contributed by atoms with Crippen molar-refractivity contribution in [3.05, 3.63) is 11.6 Å². The molecule has 0 aromatic heterocycles. The first-order valence-corrected chi connectivity index (χ1v) is 4.84. The Morgan fingerprint density at radius 3 is 2.62 bits per heavy atom. The molecule has 1 atom stereocenters. The van der Waals surface area contributed by atoms with Gasteiger partial charge in [-0.25, -0.2) is 4.79 Å². The topological polar surface area (TPSA) is 64.3 Å². The van der Waals surface area contributed by atoms with Crippen LogP contribution in [0.4, 0.5) is 0 Å². The zero-order chi connectivity index (χ0) is 10.1. The summed E-state index contributed by atoms with van der Waals surface area (Å²) in [5.74, 6) is -0.449. The maximum atomic E-state index is 11.5. The van der Waals surface area contributed by atoms with Gasteiger partial charge in [-0.15, -0.1) is 0 Å². The van der Waals surface area contributed by atoms with E-state index in [1.54, 1.807) is 32.4 Å². The number of thioether (sulfide) groups is 1. The number of hydrogen-bond donors (Lipinski definition) is 2. The molecule has 0 bridgehead atoms. The van der Waals surface area contributed by atoms with Crippen molar-refractivity contribution in [2.75, 3.05) is 0 Å². The molecule has 13 heavy (non-hydrogen) atoms. The zero-order valence-corrected chi connectivity index (χ0v) is 8.77. The minimum absolute atomic E-state index is 0.449. The molecule has 0 saturated carbocycles. The van der Waals surface area contributed by atoms with Crippen LogP contribution in [0.3, 0.4) is 0 Å². The fraction of sp³-hybridized carbons (Fsp3) is 0.625. The predicted molar refractivity (Wildman–Crippen MR) is 52.6 cm³/mol. The van der Waals surface area contributed by atoms with Gasteiger partial charge >= 0.3 is 5.97 Å². The summed E-state index contributed by atoms with van der Waals surface area (Å²) < 4.78 is 5.14. The van der Waals surface area contributed by atoms with Gasteiger partial charge in [0.1, 0.15) is 5.60 Å². The summed E-state index contributed by atoms with van der Waals surface area (Å²) in [5.41, 5.74) is 5.22. The highest BCUT2D eigenvalue weighted by molar-refractivity contribution is 8.04. The van der Waals surface area contributed by atoms with Crippen molar-refractivity contribution in [3.63, 3.8) is 0 Å². The van der Waals surface area contributed by atoms with Gasteiger partial charge in [0.25, 0.3) is 0 Å². The van der Waals surface area contributed by atoms with Crippen molar-refractivity contribution in [2.24, 2.45) is 5.73 Å². The molecule has 3 N–H and O–H groups in total. The van der Waals surface area contributed by atoms with Crippen molar-refractivity contribution in [2.45, 2.75) is 31.4 Å². The fourth-order valence-electron chi connectivity index (χ4n) is 0.794. The molecule has 1 aliphatic rings. The average molecular weight is 202 g/mol. The highest BCUT2D eigenvalue weighted by Gasteiger charge is 2.39. The third-order valence-corrected chi connectivity index (χ3v) is 2.25. The van der Waals surface area contributed by atoms with Crippen molar-refractivity contribution >= 4 is 17.7 Å². The second-order valence-electron chi connectivity index (χ2n) is 3.80. The van der Waals surface area contributed by atoms with Crippen LogP contribution >= 0.6 is 11.8 Å². The monoisotopic (exact) mass is 202 g/mol. The first-order valence-electron chi connectivity index (χ1n) is 3.96. The Morgan fingerprint density at radius 2 is 2.23 bits per heavy atom. The van der Waals surface area contributed by atoms with Crippen LogP contribution in [0.1, 0.15) is 20.8 Å². The van der Waals surface area contributed by atoms with E-state index < -0.39 is 16.6 Å². The third kappa shape index (κ3) is 2.63. The molecule has 4 nitrogen and oxygen atoms in total. The minimum Gasteiger partial charge on any atom is -0.457 e. The molecule has 1 unspecified atom stereocenters. The summed E-state index contributed by atoms with van der Waals surface area (Å²) in [6, 6.07) is 0. The summed E-state index contributed by atoms with van der Waals surface area (Å²) in [4.78, 5) is 10.4. The maximum Gasteiger partial charge on any atom is 0.358 e. The summed E-state index contributed by atoms with van der Waals surface area (Å²) >= 11 is 1.21. The molecule has 0 radical (unpaired) electrons. The molecule has 0 saturated heterocycles. The van der Waals surface area contributed by atoms with E-state index in [9.17, 15) is 4.79 Å². The third-order valence-electron chi connectivity index (χ3n) is 1.32. The van der Waals surface area contributed by atoms with Gasteiger partial charge in [0.05, 0.1) is 0 Å². The molecular formula is C8H14N2O2S. The Bertz CT molecular complexity index is 237. The van der Waals surface area contributed by atoms with Crippen molar-refractivity contribution in [1.29, 1.82) is 0 Å². The molecule has 0 fully saturated rings. The highest BCUT2D eigenvalue weighted by Crippen LogP contribution is 2.26. The predicted octanol–water partition coefficient (Wildman–Crippen LogP) is 0.748. The molecule has 1 rings (SSSR count). The van der Waals surface area contributed by atoms with Crippen molar-refractivity contribution in [1.82, 2.24) is 5.32 Å². The van der Waals surface area contributed by atoms with Crippen molar-refractivity contribution < 1.29 is 9.53 Å². The van der Waals surface area contributed by atoms with Gasteiger partial charge in [0.15, 0.2) is 0 Å². The number of nitrogens with one attached hydrogen (secondary N) is 1. The molecule has 0 spiro atoms. The van der Waals surface area contributed by atoms with Gasteiger partial charge in [-0.1, -0.05) is 11.8 Å². The van der Waals surface area contributed by atoms with Gasteiger partial charge < -0.3 is 10.1 Å². The van der Waals surface area contributed by atoms with E-state index in [0.29, 0.717) is 0 Å². The lowest BCUT2D eigenvalue weighted by Crippen LogP contribution is -2.55. The Kier molecular flexibility index (Phi) is 2.58. The second kappa shape index (κ2) is 3.23. The summed E-state index contributed by atoms with van der Waals surface area (Å²) in [7, 11) is 0. The number of nitrogens with two attached hydrogens (primary N) is 1. The lowest BCUT2D eigenvalue weighted by atomic mass is 10.2. The van der Waals surface area contributed by atoms with Crippen LogP contribution < -0.4 is 11.1 Å². The van der Waals surface area contributed by atoms with E-state index in [1.807, 2.05) is 0 Å². The van der Waals surface area contributed by atoms with Crippen LogP contribution in [0, 0.1) is 0 Å². The van der Waals surface area contributed by atoms with E-state index in [1.165, 1.54) is 11.8 Å². The van der Waals surface area contributed by atoms with Crippen LogP contribution in [0.15, 0.2) is 11.6 Å². The number of carbonyl (C=O) groups is 1. The normalized spacial score (nSPS) is 27.1. The van der Waals surface area contributed by atoms with Gasteiger partial charge in [-0.05, 0) is 26.2 Å². The Labute approximate surface area is 81.9 Å². The highest BCUT2D eigenvalue weighted by atomic mass is 32.2. The number of esters is 1. The molecule has 74 valence electrons. The molecule has 1 heterocycles. The van der Waals surface area contributed by atoms with Crippen LogP contribution in [0.2, 0.25) is 0 Å². The van der Waals surface area contributed by atoms with Gasteiger partial charge in [0, 0.05) is 6.20 Å². The van der Waals surface area contributed by atoms with Gasteiger partial charge in [0.2, 0.25) is 4.99 Å². The van der Waals surface area contributed by atoms with Crippen LogP contribution in [0.25, 0.3) is 0 Å². The summed E-state index contributed by atoms with van der Waals surface area (Å²) in [6.45, 7) is 5.42. The van der Waals surface area contributed by atoms with Gasteiger partial charge in [-0.2, -0.15) is 0 Å². The number of ether oxygens (including phenoxy) is 1. The summed E-state index contributed by atoms with van der Waals surface area (Å²) in [5, 5.41) is 4.47. The Morgan fingerprint density at radius 1 is 1.62 bits per heavy atom. The molecule has 1 aliphatic heterocycles. The average Bonchev–Trinajstić information content (AvgIpc) is 2.33. The maximum absolute atomic E-state index is 11.5. The first-order chi connectivity index (χ1) is 5.83. The van der Waals surface area contributed by atoms with Crippen LogP contribution in [-0.2, 0) is 9.53 Å². The van der Waals surface area contributed by atoms with E-state index in [2.05, 4.69) is 5.32 Å². The quantitative estimate of drug-likeness (QED) is 0.614. The number of carbonyl (C=O) groups excluding carboxylic acids is 1. The Balaban J connectivity index is 2.58. The first kappa shape index (κ1) is 10.4. The lowest BCUT2D eigenvalue weighted by molar-refractivity contribution is -0.158. The van der Waals surface area contributed by atoms with Crippen LogP contribution in [-0.4, -0.2) is 16.6 Å². The number of rotatable bonds is 1. The van der Waals surface area contributed by atoms with E-state index in [4.69, 9.17) is 10.5 Å². The molecule has 0 amide bonds. The van der Waals surface area contributed by atoms with E-state index >= 15 is 0 Å². The molecule has 5 heteroatoms. The summed E-state index contributed by atoms with van der Waals surface area (Å²) in [6.07, 6.45) is 1.63. The van der Waals surface area contributed by atoms with Crippen molar-refractivity contribution in [3.8, 4) is 0 Å². The Hall–Kier alpha value is -0.680. The lowest BCUT2D eigenvalue weighted by Gasteiger charge is -2.27. The fourth-order valence-corrected chi connectivity index (χ4v) is 1.42. The molecule has 0 aromatic rings. The number of hydrogen-bond acceptors (Lipinski definition) is 5. The van der Waals surface area contributed by atoms with Gasteiger partial charge in [-0.3, -0.25) is 5.73 Å². The second-order valence-corrected chi connectivity index (χ2v) is 4.95. The van der Waals surface area contributed by atoms with Crippen LogP contribution in [0.5, 0.6) is 0 Å². The molecule has 0 aliphatic carbocycles. The largest absolute Gasteiger partial charge is 0.457 e.